The van der Waals surface area contributed by atoms with Crippen LogP contribution in [0.1, 0.15) is 94.9 Å². The third-order valence-corrected chi connectivity index (χ3v) is 12.1. The number of oxime groups is 1. The Morgan fingerprint density at radius 3 is 2.11 bits per heavy atom. The maximum Gasteiger partial charge on any atom is 0.311 e. The zero-order valence-electron chi connectivity index (χ0n) is 34.5. The Morgan fingerprint density at radius 2 is 1.56 bits per heavy atom. The van der Waals surface area contributed by atoms with Gasteiger partial charge in [0.05, 0.1) is 53.4 Å². The molecule has 3 fully saturated rings. The van der Waals surface area contributed by atoms with Gasteiger partial charge in [0, 0.05) is 37.3 Å². The predicted molar refractivity (Wildman–Crippen MR) is 197 cm³/mol. The highest BCUT2D eigenvalue weighted by Gasteiger charge is 2.53. The number of rotatable bonds is 9. The second-order valence-corrected chi connectivity index (χ2v) is 16.8. The van der Waals surface area contributed by atoms with Crippen LogP contribution in [0.15, 0.2) is 5.16 Å². The van der Waals surface area contributed by atoms with E-state index in [1.54, 1.807) is 55.4 Å². The summed E-state index contributed by atoms with van der Waals surface area (Å²) in [5, 5.41) is 72.2. The zero-order valence-corrected chi connectivity index (χ0v) is 34.5. The van der Waals surface area contributed by atoms with Crippen LogP contribution in [0.5, 0.6) is 0 Å². The van der Waals surface area contributed by atoms with Gasteiger partial charge in [-0.05, 0) is 74.9 Å². The number of aliphatic hydroxyl groups excluding tert-OH is 4. The van der Waals surface area contributed by atoms with E-state index in [1.165, 1.54) is 14.0 Å². The normalized spacial score (nSPS) is 48.3. The molecule has 0 saturated carbocycles. The fraction of sp³-hybridized carbons (Fsp3) is 0.947. The molecule has 0 aromatic heterocycles. The number of methoxy groups -OCH3 is 1. The van der Waals surface area contributed by atoms with E-state index >= 15 is 0 Å². The summed E-state index contributed by atoms with van der Waals surface area (Å²) in [6.45, 7) is 15.9. The van der Waals surface area contributed by atoms with Crippen molar-refractivity contribution in [2.45, 2.75) is 179 Å². The molecule has 3 aliphatic rings. The predicted octanol–water partition coefficient (Wildman–Crippen LogP) is 1.54. The molecule has 0 aromatic rings. The molecule has 54 heavy (non-hydrogen) atoms. The standard InChI is InChI=1S/C38H70N2O14/c1-14-26-38(10,47)31(43)21(4)28(39-49-18-41)19(2)16-36(8,46)33(54-35-29(42)25(40(11)12)15-20(3)50-35)22(5)30(23(6)34(45)52-26)53-27-17-37(9,48-13)32(44)24(7)51-27/h19-27,29-33,35,41-44,46-47H,14-18H2,1-13H3/b39-28+/t19-,20-,21+,22+,23-,24+,25+,26-,27+,29-,30+,31-,32+,33-,35+,36-,37-,38-/m1/s1. The maximum atomic E-state index is 14.2. The minimum Gasteiger partial charge on any atom is -0.459 e. The Morgan fingerprint density at radius 1 is 0.926 bits per heavy atom. The highest BCUT2D eigenvalue weighted by molar-refractivity contribution is 5.88. The van der Waals surface area contributed by atoms with Crippen molar-refractivity contribution in [2.75, 3.05) is 28.0 Å². The molecule has 18 atom stereocenters. The summed E-state index contributed by atoms with van der Waals surface area (Å²) < 4.78 is 37.4. The average molecular weight is 779 g/mol. The van der Waals surface area contributed by atoms with Crippen LogP contribution in [0.4, 0.5) is 0 Å². The molecule has 0 unspecified atom stereocenters. The minimum atomic E-state index is -1.98. The van der Waals surface area contributed by atoms with E-state index in [-0.39, 0.29) is 37.1 Å². The van der Waals surface area contributed by atoms with Crippen molar-refractivity contribution in [3.63, 3.8) is 0 Å². The largest absolute Gasteiger partial charge is 0.459 e. The molecular weight excluding hydrogens is 708 g/mol. The van der Waals surface area contributed by atoms with Crippen molar-refractivity contribution in [2.24, 2.45) is 28.8 Å². The third-order valence-electron chi connectivity index (χ3n) is 12.1. The van der Waals surface area contributed by atoms with Crippen LogP contribution >= 0.6 is 0 Å². The Bertz CT molecular complexity index is 1240. The van der Waals surface area contributed by atoms with Gasteiger partial charge < -0.3 is 68.8 Å². The number of likely N-dealkylation sites (N-methyl/N-ethyl adjacent to an activating group) is 1. The molecule has 3 aliphatic heterocycles. The molecule has 3 saturated heterocycles. The van der Waals surface area contributed by atoms with Gasteiger partial charge >= 0.3 is 5.97 Å². The lowest BCUT2D eigenvalue weighted by Crippen LogP contribution is -2.61. The van der Waals surface area contributed by atoms with Crippen LogP contribution in [-0.4, -0.2) is 159 Å². The summed E-state index contributed by atoms with van der Waals surface area (Å²) in [7, 11) is 5.19. The van der Waals surface area contributed by atoms with Gasteiger partial charge in [0.2, 0.25) is 6.79 Å². The molecular formula is C38H70N2O14. The van der Waals surface area contributed by atoms with Gasteiger partial charge in [0.15, 0.2) is 12.6 Å². The Labute approximate surface area is 321 Å². The van der Waals surface area contributed by atoms with Crippen LogP contribution < -0.4 is 0 Å². The minimum absolute atomic E-state index is 0.0576. The van der Waals surface area contributed by atoms with Gasteiger partial charge in [0.1, 0.15) is 23.9 Å². The summed E-state index contributed by atoms with van der Waals surface area (Å²) in [5.74, 6) is -4.22. The van der Waals surface area contributed by atoms with E-state index in [0.29, 0.717) is 6.42 Å². The first-order chi connectivity index (χ1) is 25.0. The fourth-order valence-electron chi connectivity index (χ4n) is 8.70. The topological polar surface area (TPSA) is 219 Å². The first kappa shape index (κ1) is 46.8. The summed E-state index contributed by atoms with van der Waals surface area (Å²) in [6, 6.07) is -0.330. The van der Waals surface area contributed by atoms with Crippen molar-refractivity contribution in [1.29, 1.82) is 0 Å². The average Bonchev–Trinajstić information content (AvgIpc) is 3.09. The molecule has 0 amide bonds. The molecule has 0 aromatic carbocycles. The number of ether oxygens (including phenoxy) is 6. The van der Waals surface area contributed by atoms with Crippen LogP contribution in [0.2, 0.25) is 0 Å². The van der Waals surface area contributed by atoms with Gasteiger partial charge in [-0.2, -0.15) is 0 Å². The molecule has 6 N–H and O–H groups in total. The lowest BCUT2D eigenvalue weighted by atomic mass is 9.73. The molecule has 16 nitrogen and oxygen atoms in total. The van der Waals surface area contributed by atoms with Gasteiger partial charge in [-0.3, -0.25) is 4.79 Å². The van der Waals surface area contributed by atoms with E-state index in [9.17, 15) is 35.4 Å². The van der Waals surface area contributed by atoms with Crippen LogP contribution in [0, 0.1) is 23.7 Å². The quantitative estimate of drug-likeness (QED) is 0.111. The van der Waals surface area contributed by atoms with Gasteiger partial charge in [-0.1, -0.05) is 32.9 Å². The summed E-state index contributed by atoms with van der Waals surface area (Å²) in [5.41, 5.74) is -4.59. The van der Waals surface area contributed by atoms with Crippen molar-refractivity contribution in [3.05, 3.63) is 0 Å². The second-order valence-electron chi connectivity index (χ2n) is 16.8. The van der Waals surface area contributed by atoms with Gasteiger partial charge in [0.25, 0.3) is 0 Å². The van der Waals surface area contributed by atoms with Gasteiger partial charge in [-0.15, -0.1) is 0 Å². The molecule has 0 aliphatic carbocycles. The fourth-order valence-corrected chi connectivity index (χ4v) is 8.70. The summed E-state index contributed by atoms with van der Waals surface area (Å²) >= 11 is 0. The number of hydrogen-bond donors (Lipinski definition) is 6. The molecule has 3 heterocycles. The molecule has 3 rings (SSSR count). The highest BCUT2D eigenvalue weighted by Crippen LogP contribution is 2.41. The third kappa shape index (κ3) is 10.3. The smallest absolute Gasteiger partial charge is 0.311 e. The van der Waals surface area contributed by atoms with Crippen LogP contribution in [-0.2, 0) is 38.1 Å². The lowest BCUT2D eigenvalue weighted by Gasteiger charge is -2.49. The number of cyclic esters (lactones) is 1. The molecule has 16 heteroatoms. The number of carbonyl (C=O) groups is 1. The van der Waals surface area contributed by atoms with Gasteiger partial charge in [-0.25, -0.2) is 0 Å². The summed E-state index contributed by atoms with van der Waals surface area (Å²) in [4.78, 5) is 21.2. The van der Waals surface area contributed by atoms with Crippen molar-refractivity contribution in [3.8, 4) is 0 Å². The van der Waals surface area contributed by atoms with Crippen LogP contribution in [0.3, 0.4) is 0 Å². The number of nitrogens with zero attached hydrogens (tertiary/aromatic N) is 2. The van der Waals surface area contributed by atoms with E-state index in [2.05, 4.69) is 5.16 Å². The Balaban J connectivity index is 2.24. The first-order valence-corrected chi connectivity index (χ1v) is 19.3. The number of aliphatic hydroxyl groups is 6. The highest BCUT2D eigenvalue weighted by atomic mass is 16.7. The number of carbonyl (C=O) groups excluding carboxylic acids is 1. The number of hydrogen-bond acceptors (Lipinski definition) is 16. The SMILES string of the molecule is CC[C@H]1OC(=O)[C@H](C)[C@@H](O[C@H]2C[C@@](C)(OC)[C@@H](O)[C@H](C)O2)[C@H](C)[C@@H](O[C@@H]2O[C@H](C)C[C@H](N(C)C)[C@H]2O)[C@](C)(O)C[C@@H](C)/C(=N\OCO)[C@H](C)[C@@H](O)[C@]1(C)O. The monoisotopic (exact) mass is 778 g/mol. The van der Waals surface area contributed by atoms with Crippen molar-refractivity contribution < 1.29 is 68.7 Å². The van der Waals surface area contributed by atoms with E-state index in [0.717, 1.165) is 0 Å². The lowest BCUT2D eigenvalue weighted by molar-refractivity contribution is -0.317. The van der Waals surface area contributed by atoms with Crippen molar-refractivity contribution >= 4 is 11.7 Å². The van der Waals surface area contributed by atoms with E-state index in [1.807, 2.05) is 25.9 Å². The van der Waals surface area contributed by atoms with Crippen LogP contribution in [0.25, 0.3) is 0 Å². The molecule has 0 bridgehead atoms. The second kappa shape index (κ2) is 18.8. The van der Waals surface area contributed by atoms with Crippen molar-refractivity contribution in [1.82, 2.24) is 4.90 Å². The molecule has 0 radical (unpaired) electrons. The Hall–Kier alpha value is -1.54. The van der Waals surface area contributed by atoms with E-state index in [4.69, 9.17) is 33.3 Å². The molecule has 316 valence electrons. The zero-order chi connectivity index (χ0) is 41.1. The maximum absolute atomic E-state index is 14.2. The van der Waals surface area contributed by atoms with E-state index < -0.39 is 109 Å². The molecule has 0 spiro atoms. The summed E-state index contributed by atoms with van der Waals surface area (Å²) in [6.07, 6.45) is -9.60. The first-order valence-electron chi connectivity index (χ1n) is 19.3. The Kier molecular flexibility index (Phi) is 16.3. The number of esters is 1.